The van der Waals surface area contributed by atoms with E-state index in [1.165, 1.54) is 0 Å². The summed E-state index contributed by atoms with van der Waals surface area (Å²) < 4.78 is 11.8. The fraction of sp³-hybridized carbons (Fsp3) is 0.222. The van der Waals surface area contributed by atoms with Crippen LogP contribution >= 0.6 is 0 Å². The third-order valence-corrected chi connectivity index (χ3v) is 6.37. The number of benzene rings is 3. The number of phenolic OH excluding ortho intramolecular Hbond substituents is 3. The molecule has 1 aliphatic rings. The quantitative estimate of drug-likeness (QED) is 0.326. The molecule has 0 amide bonds. The van der Waals surface area contributed by atoms with Gasteiger partial charge in [-0.2, -0.15) is 0 Å². The van der Waals surface area contributed by atoms with Crippen molar-refractivity contribution in [3.8, 4) is 39.9 Å². The maximum absolute atomic E-state index is 13.5. The fourth-order valence-electron chi connectivity index (χ4n) is 4.38. The van der Waals surface area contributed by atoms with Crippen molar-refractivity contribution in [1.29, 1.82) is 0 Å². The second-order valence-corrected chi connectivity index (χ2v) is 8.53. The molecule has 1 saturated carbocycles. The van der Waals surface area contributed by atoms with E-state index in [1.54, 1.807) is 31.2 Å². The maximum Gasteiger partial charge on any atom is 0.204 e. The number of fused-ring (bicyclic) bond motifs is 1. The molecular weight excluding hydrogens is 420 g/mol. The van der Waals surface area contributed by atoms with Crippen LogP contribution in [-0.2, 0) is 6.42 Å². The molecule has 1 heterocycles. The van der Waals surface area contributed by atoms with Crippen LogP contribution in [0.4, 0.5) is 0 Å². The lowest BCUT2D eigenvalue weighted by atomic mass is 9.80. The summed E-state index contributed by atoms with van der Waals surface area (Å²) in [7, 11) is 0. The molecule has 0 unspecified atom stereocenters. The van der Waals surface area contributed by atoms with Crippen LogP contribution in [0.15, 0.2) is 63.8 Å². The minimum absolute atomic E-state index is 0.121. The van der Waals surface area contributed by atoms with E-state index in [2.05, 4.69) is 0 Å². The topological polar surface area (TPSA) is 100 Å². The lowest BCUT2D eigenvalue weighted by Crippen LogP contribution is -2.15. The highest BCUT2D eigenvalue weighted by Crippen LogP contribution is 2.46. The van der Waals surface area contributed by atoms with Gasteiger partial charge >= 0.3 is 0 Å². The normalized spacial score (nSPS) is 13.7. The Hall–Kier alpha value is -3.93. The molecule has 6 nitrogen and oxygen atoms in total. The third-order valence-electron chi connectivity index (χ3n) is 6.37. The molecule has 6 heteroatoms. The summed E-state index contributed by atoms with van der Waals surface area (Å²) in [5.41, 5.74) is 0.904. The Morgan fingerprint density at radius 3 is 2.21 bits per heavy atom. The van der Waals surface area contributed by atoms with Crippen LogP contribution in [0.25, 0.3) is 22.1 Å². The molecule has 0 spiro atoms. The van der Waals surface area contributed by atoms with Crippen molar-refractivity contribution in [3.63, 3.8) is 0 Å². The second-order valence-electron chi connectivity index (χ2n) is 8.53. The molecule has 33 heavy (non-hydrogen) atoms. The molecule has 0 bridgehead atoms. The Kier molecular flexibility index (Phi) is 5.21. The zero-order valence-corrected chi connectivity index (χ0v) is 18.2. The Labute approximate surface area is 190 Å². The Morgan fingerprint density at radius 1 is 0.909 bits per heavy atom. The Bertz CT molecular complexity index is 1380. The average Bonchev–Trinajstić information content (AvgIpc) is 2.78. The summed E-state index contributed by atoms with van der Waals surface area (Å²) in [6, 6.07) is 16.4. The predicted molar refractivity (Wildman–Crippen MR) is 125 cm³/mol. The minimum Gasteiger partial charge on any atom is -0.504 e. The van der Waals surface area contributed by atoms with Crippen molar-refractivity contribution >= 4 is 11.0 Å². The van der Waals surface area contributed by atoms with Crippen molar-refractivity contribution in [1.82, 2.24) is 0 Å². The smallest absolute Gasteiger partial charge is 0.204 e. The molecule has 0 saturated heterocycles. The number of para-hydroxylation sites is 1. The van der Waals surface area contributed by atoms with Gasteiger partial charge in [-0.1, -0.05) is 49.6 Å². The largest absolute Gasteiger partial charge is 0.504 e. The monoisotopic (exact) mass is 444 g/mol. The molecule has 1 fully saturated rings. The molecule has 4 aromatic rings. The van der Waals surface area contributed by atoms with Gasteiger partial charge in [-0.3, -0.25) is 4.79 Å². The second kappa shape index (κ2) is 8.20. The van der Waals surface area contributed by atoms with Gasteiger partial charge < -0.3 is 24.5 Å². The summed E-state index contributed by atoms with van der Waals surface area (Å²) in [6.45, 7) is 1.68. The van der Waals surface area contributed by atoms with Crippen molar-refractivity contribution in [2.45, 2.75) is 32.6 Å². The molecule has 0 aliphatic heterocycles. The maximum atomic E-state index is 13.5. The van der Waals surface area contributed by atoms with Crippen LogP contribution in [0.3, 0.4) is 0 Å². The number of phenols is 3. The standard InChI is InChI=1S/C27H24O6/c1-15-21(17-10-12-19(13-11-17)33-18-8-3-2-4-9-18)24(29)22-25(30)26(31)23(28)20(27(22)32-15)14-16-6-5-7-16/h2-4,8-13,16,28,30-31H,5-7,14H2,1H3. The van der Waals surface area contributed by atoms with Crippen LogP contribution in [0, 0.1) is 12.8 Å². The van der Waals surface area contributed by atoms with Gasteiger partial charge in [0, 0.05) is 5.56 Å². The van der Waals surface area contributed by atoms with Crippen LogP contribution in [-0.4, -0.2) is 15.3 Å². The highest BCUT2D eigenvalue weighted by Gasteiger charge is 2.28. The zero-order valence-electron chi connectivity index (χ0n) is 18.2. The van der Waals surface area contributed by atoms with E-state index in [-0.39, 0.29) is 16.5 Å². The lowest BCUT2D eigenvalue weighted by molar-refractivity contribution is 0.306. The zero-order chi connectivity index (χ0) is 23.1. The van der Waals surface area contributed by atoms with E-state index < -0.39 is 22.7 Å². The first-order valence-electron chi connectivity index (χ1n) is 11.0. The highest BCUT2D eigenvalue weighted by molar-refractivity contribution is 5.94. The molecule has 3 N–H and O–H groups in total. The van der Waals surface area contributed by atoms with Crippen molar-refractivity contribution in [3.05, 3.63) is 76.1 Å². The summed E-state index contributed by atoms with van der Waals surface area (Å²) in [4.78, 5) is 13.5. The summed E-state index contributed by atoms with van der Waals surface area (Å²) in [5, 5.41) is 31.2. The summed E-state index contributed by atoms with van der Waals surface area (Å²) >= 11 is 0. The first-order valence-corrected chi connectivity index (χ1v) is 11.0. The number of ether oxygens (including phenoxy) is 1. The molecule has 5 rings (SSSR count). The van der Waals surface area contributed by atoms with Gasteiger partial charge in [0.25, 0.3) is 0 Å². The number of hydrogen-bond acceptors (Lipinski definition) is 6. The van der Waals surface area contributed by atoms with Crippen LogP contribution < -0.4 is 10.2 Å². The fourth-order valence-corrected chi connectivity index (χ4v) is 4.38. The third kappa shape index (κ3) is 3.67. The van der Waals surface area contributed by atoms with Gasteiger partial charge in [-0.05, 0) is 49.1 Å². The molecule has 1 aliphatic carbocycles. The number of aryl methyl sites for hydroxylation is 1. The van der Waals surface area contributed by atoms with Crippen LogP contribution in [0.1, 0.15) is 30.6 Å². The van der Waals surface area contributed by atoms with E-state index in [0.717, 1.165) is 19.3 Å². The summed E-state index contributed by atoms with van der Waals surface area (Å²) in [5.74, 6) is 0.245. The van der Waals surface area contributed by atoms with Crippen LogP contribution in [0.2, 0.25) is 0 Å². The number of rotatable bonds is 5. The van der Waals surface area contributed by atoms with E-state index >= 15 is 0 Å². The molecular formula is C27H24O6. The molecule has 3 aromatic carbocycles. The van der Waals surface area contributed by atoms with Crippen molar-refractivity contribution in [2.24, 2.45) is 5.92 Å². The molecule has 168 valence electrons. The van der Waals surface area contributed by atoms with Gasteiger partial charge in [-0.25, -0.2) is 0 Å². The first kappa shape index (κ1) is 20.9. The Morgan fingerprint density at radius 2 is 1.58 bits per heavy atom. The number of aromatic hydroxyl groups is 3. The first-order chi connectivity index (χ1) is 15.9. The van der Waals surface area contributed by atoms with Gasteiger partial charge in [0.15, 0.2) is 11.5 Å². The average molecular weight is 444 g/mol. The Balaban J connectivity index is 1.60. The predicted octanol–water partition coefficient (Wildman–Crippen LogP) is 6.02. The minimum atomic E-state index is -0.689. The van der Waals surface area contributed by atoms with E-state index in [4.69, 9.17) is 9.15 Å². The van der Waals surface area contributed by atoms with E-state index in [0.29, 0.717) is 40.7 Å². The molecule has 0 atom stereocenters. The van der Waals surface area contributed by atoms with Crippen LogP contribution in [0.5, 0.6) is 28.7 Å². The highest BCUT2D eigenvalue weighted by atomic mass is 16.5. The van der Waals surface area contributed by atoms with E-state index in [9.17, 15) is 20.1 Å². The van der Waals surface area contributed by atoms with Crippen molar-refractivity contribution < 1.29 is 24.5 Å². The molecule has 1 aromatic heterocycles. The van der Waals surface area contributed by atoms with Gasteiger partial charge in [0.05, 0.1) is 5.56 Å². The SMILES string of the molecule is Cc1oc2c(CC3CCC3)c(O)c(O)c(O)c2c(=O)c1-c1ccc(Oc2ccccc2)cc1. The molecule has 0 radical (unpaired) electrons. The van der Waals surface area contributed by atoms with Gasteiger partial charge in [0.1, 0.15) is 28.2 Å². The summed E-state index contributed by atoms with van der Waals surface area (Å²) in [6.07, 6.45) is 3.62. The van der Waals surface area contributed by atoms with Gasteiger partial charge in [0.2, 0.25) is 11.2 Å². The number of hydrogen-bond donors (Lipinski definition) is 3. The van der Waals surface area contributed by atoms with E-state index in [1.807, 2.05) is 30.3 Å². The van der Waals surface area contributed by atoms with Gasteiger partial charge in [-0.15, -0.1) is 0 Å². The lowest BCUT2D eigenvalue weighted by Gasteiger charge is -2.26. The van der Waals surface area contributed by atoms with Crippen molar-refractivity contribution in [2.75, 3.05) is 0 Å².